The zero-order valence-corrected chi connectivity index (χ0v) is 16.6. The zero-order valence-electron chi connectivity index (χ0n) is 15.0. The molecule has 0 aliphatic carbocycles. The van der Waals surface area contributed by atoms with Crippen LogP contribution < -0.4 is 5.32 Å². The van der Waals surface area contributed by atoms with Gasteiger partial charge in [-0.15, -0.1) is 0 Å². The molecule has 1 saturated heterocycles. The van der Waals surface area contributed by atoms with Crippen LogP contribution in [0, 0.1) is 0 Å². The molecule has 0 saturated carbocycles. The molecule has 27 heavy (non-hydrogen) atoms. The number of rotatable bonds is 4. The molecule has 2 amide bonds. The van der Waals surface area contributed by atoms with Crippen molar-refractivity contribution in [1.82, 2.24) is 15.2 Å². The highest BCUT2D eigenvalue weighted by atomic mass is 79.9. The van der Waals surface area contributed by atoms with Crippen molar-refractivity contribution in [2.75, 3.05) is 13.1 Å². The summed E-state index contributed by atoms with van der Waals surface area (Å²) >= 11 is 3.37. The number of carbonyl (C=O) groups is 2. The number of halogens is 1. The van der Waals surface area contributed by atoms with E-state index in [1.165, 1.54) is 0 Å². The van der Waals surface area contributed by atoms with Gasteiger partial charge in [-0.25, -0.2) is 0 Å². The summed E-state index contributed by atoms with van der Waals surface area (Å²) in [6.45, 7) is 1.44. The van der Waals surface area contributed by atoms with Crippen molar-refractivity contribution < 1.29 is 9.59 Å². The van der Waals surface area contributed by atoms with E-state index in [-0.39, 0.29) is 17.5 Å². The van der Waals surface area contributed by atoms with Gasteiger partial charge in [0.1, 0.15) is 5.70 Å². The lowest BCUT2D eigenvalue weighted by Crippen LogP contribution is -2.39. The van der Waals surface area contributed by atoms with Crippen molar-refractivity contribution >= 4 is 33.8 Å². The van der Waals surface area contributed by atoms with Crippen LogP contribution in [0.5, 0.6) is 0 Å². The molecule has 1 fully saturated rings. The fourth-order valence-corrected chi connectivity index (χ4v) is 3.45. The predicted molar refractivity (Wildman–Crippen MR) is 109 cm³/mol. The van der Waals surface area contributed by atoms with E-state index in [2.05, 4.69) is 26.2 Å². The number of hydrogen-bond donors (Lipinski definition) is 1. The predicted octanol–water partition coefficient (Wildman–Crippen LogP) is 4.02. The second-order valence-corrected chi connectivity index (χ2v) is 7.43. The van der Waals surface area contributed by atoms with Crippen LogP contribution in [0.2, 0.25) is 0 Å². The molecule has 1 aromatic heterocycles. The Hall–Kier alpha value is -2.47. The Balaban J connectivity index is 1.86. The molecular weight excluding hydrogens is 406 g/mol. The van der Waals surface area contributed by atoms with Gasteiger partial charge in [-0.3, -0.25) is 14.6 Å². The minimum atomic E-state index is -0.311. The second-order valence-electron chi connectivity index (χ2n) is 6.52. The van der Waals surface area contributed by atoms with Gasteiger partial charge in [-0.05, 0) is 48.7 Å². The fourth-order valence-electron chi connectivity index (χ4n) is 3.05. The van der Waals surface area contributed by atoms with Gasteiger partial charge in [-0.1, -0.05) is 40.9 Å². The summed E-state index contributed by atoms with van der Waals surface area (Å²) in [5.74, 6) is -0.460. The van der Waals surface area contributed by atoms with Gasteiger partial charge in [0.05, 0.1) is 0 Å². The maximum atomic E-state index is 13.1. The number of amides is 2. The van der Waals surface area contributed by atoms with E-state index in [1.807, 2.05) is 17.0 Å². The third-order valence-corrected chi connectivity index (χ3v) is 4.95. The highest BCUT2D eigenvalue weighted by Gasteiger charge is 2.21. The highest BCUT2D eigenvalue weighted by Crippen LogP contribution is 2.15. The van der Waals surface area contributed by atoms with E-state index >= 15 is 0 Å². The summed E-state index contributed by atoms with van der Waals surface area (Å²) in [6.07, 6.45) is 9.29. The van der Waals surface area contributed by atoms with Crippen molar-refractivity contribution in [3.05, 3.63) is 70.1 Å². The molecule has 0 atom stereocenters. The summed E-state index contributed by atoms with van der Waals surface area (Å²) in [6, 6.07) is 10.8. The number of carbonyl (C=O) groups excluding carboxylic acids is 2. The van der Waals surface area contributed by atoms with Gasteiger partial charge >= 0.3 is 0 Å². The number of pyridine rings is 1. The summed E-state index contributed by atoms with van der Waals surface area (Å²) in [5, 5.41) is 2.81. The number of benzene rings is 1. The van der Waals surface area contributed by atoms with Crippen LogP contribution in [0.25, 0.3) is 6.08 Å². The SMILES string of the molecule is O=C(N/C(=C\c1cccnc1)C(=O)N1CCCCCC1)c1cccc(Br)c1. The Morgan fingerprint density at radius 2 is 1.85 bits per heavy atom. The molecule has 0 bridgehead atoms. The van der Waals surface area contributed by atoms with Crippen LogP contribution in [0.3, 0.4) is 0 Å². The van der Waals surface area contributed by atoms with Crippen molar-refractivity contribution in [2.45, 2.75) is 25.7 Å². The number of aromatic nitrogens is 1. The topological polar surface area (TPSA) is 62.3 Å². The molecule has 6 heteroatoms. The molecule has 1 aliphatic heterocycles. The fraction of sp³-hybridized carbons (Fsp3) is 0.286. The third kappa shape index (κ3) is 5.50. The smallest absolute Gasteiger partial charge is 0.270 e. The Bertz CT molecular complexity index is 828. The molecule has 1 N–H and O–H groups in total. The first-order chi connectivity index (χ1) is 13.1. The molecule has 2 heterocycles. The van der Waals surface area contributed by atoms with Crippen LogP contribution in [0.4, 0.5) is 0 Å². The lowest BCUT2D eigenvalue weighted by atomic mass is 10.2. The van der Waals surface area contributed by atoms with E-state index in [1.54, 1.807) is 42.7 Å². The summed E-state index contributed by atoms with van der Waals surface area (Å²) in [7, 11) is 0. The van der Waals surface area contributed by atoms with Crippen molar-refractivity contribution in [2.24, 2.45) is 0 Å². The molecule has 5 nitrogen and oxygen atoms in total. The second kappa shape index (κ2) is 9.46. The standard InChI is InChI=1S/C21H22BrN3O2/c22-18-9-5-8-17(14-18)20(26)24-19(13-16-7-6-10-23-15-16)21(27)25-11-3-1-2-4-12-25/h5-10,13-15H,1-4,11-12H2,(H,24,26)/b19-13-. The first-order valence-electron chi connectivity index (χ1n) is 9.11. The quantitative estimate of drug-likeness (QED) is 0.749. The molecule has 1 aromatic carbocycles. The molecule has 140 valence electrons. The van der Waals surface area contributed by atoms with E-state index in [9.17, 15) is 9.59 Å². The van der Waals surface area contributed by atoms with Gasteiger partial charge in [-0.2, -0.15) is 0 Å². The molecule has 0 spiro atoms. The summed E-state index contributed by atoms with van der Waals surface area (Å²) < 4.78 is 0.812. The van der Waals surface area contributed by atoms with Gasteiger partial charge in [0.2, 0.25) is 0 Å². The molecule has 3 rings (SSSR count). The molecule has 0 radical (unpaired) electrons. The van der Waals surface area contributed by atoms with Gasteiger partial charge in [0.15, 0.2) is 0 Å². The number of hydrogen-bond acceptors (Lipinski definition) is 3. The number of nitrogens with one attached hydrogen (secondary N) is 1. The van der Waals surface area contributed by atoms with Crippen LogP contribution in [-0.2, 0) is 4.79 Å². The lowest BCUT2D eigenvalue weighted by Gasteiger charge is -2.22. The Labute approximate surface area is 167 Å². The minimum absolute atomic E-state index is 0.149. The normalized spacial score (nSPS) is 15.1. The van der Waals surface area contributed by atoms with Crippen molar-refractivity contribution in [3.63, 3.8) is 0 Å². The largest absolute Gasteiger partial charge is 0.337 e. The van der Waals surface area contributed by atoms with E-state index < -0.39 is 0 Å². The summed E-state index contributed by atoms with van der Waals surface area (Å²) in [5.41, 5.74) is 1.53. The van der Waals surface area contributed by atoms with E-state index in [0.29, 0.717) is 5.56 Å². The molecule has 0 unspecified atom stereocenters. The zero-order chi connectivity index (χ0) is 19.1. The maximum Gasteiger partial charge on any atom is 0.270 e. The lowest BCUT2D eigenvalue weighted by molar-refractivity contribution is -0.127. The average molecular weight is 428 g/mol. The maximum absolute atomic E-state index is 13.1. The van der Waals surface area contributed by atoms with Gasteiger partial charge < -0.3 is 10.2 Å². The van der Waals surface area contributed by atoms with Crippen molar-refractivity contribution in [1.29, 1.82) is 0 Å². The minimum Gasteiger partial charge on any atom is -0.337 e. The Morgan fingerprint density at radius 3 is 2.52 bits per heavy atom. The molecule has 1 aliphatic rings. The molecular formula is C21H22BrN3O2. The van der Waals surface area contributed by atoms with Gasteiger partial charge in [0.25, 0.3) is 11.8 Å². The Morgan fingerprint density at radius 1 is 1.07 bits per heavy atom. The molecule has 2 aromatic rings. The van der Waals surface area contributed by atoms with E-state index in [0.717, 1.165) is 48.8 Å². The summed E-state index contributed by atoms with van der Waals surface area (Å²) in [4.78, 5) is 31.7. The number of nitrogens with zero attached hydrogens (tertiary/aromatic N) is 2. The van der Waals surface area contributed by atoms with Crippen molar-refractivity contribution in [3.8, 4) is 0 Å². The van der Waals surface area contributed by atoms with Crippen LogP contribution in [-0.4, -0.2) is 34.8 Å². The first kappa shape index (κ1) is 19.3. The number of likely N-dealkylation sites (tertiary alicyclic amines) is 1. The third-order valence-electron chi connectivity index (χ3n) is 4.45. The van der Waals surface area contributed by atoms with Crippen LogP contribution in [0.15, 0.2) is 59.0 Å². The first-order valence-corrected chi connectivity index (χ1v) is 9.91. The van der Waals surface area contributed by atoms with Crippen LogP contribution >= 0.6 is 15.9 Å². The van der Waals surface area contributed by atoms with Gasteiger partial charge in [0, 0.05) is 35.5 Å². The monoisotopic (exact) mass is 427 g/mol. The average Bonchev–Trinajstić information content (AvgIpc) is 2.97. The Kier molecular flexibility index (Phi) is 6.76. The highest BCUT2D eigenvalue weighted by molar-refractivity contribution is 9.10. The van der Waals surface area contributed by atoms with E-state index in [4.69, 9.17) is 0 Å². The van der Waals surface area contributed by atoms with Crippen LogP contribution in [0.1, 0.15) is 41.6 Å².